The zero-order valence-corrected chi connectivity index (χ0v) is 36.9. The lowest BCUT2D eigenvalue weighted by Gasteiger charge is -2.55. The van der Waals surface area contributed by atoms with Gasteiger partial charge in [-0.1, -0.05) is 107 Å². The Kier molecular flexibility index (Phi) is 13.9. The number of ether oxygens (including phenoxy) is 2. The first-order valence-corrected chi connectivity index (χ1v) is 20.3. The topological polar surface area (TPSA) is 96.3 Å². The van der Waals surface area contributed by atoms with Crippen LogP contribution in [0.15, 0.2) is 24.3 Å². The molecule has 7 heteroatoms. The molecule has 0 bridgehead atoms. The summed E-state index contributed by atoms with van der Waals surface area (Å²) >= 11 is 0. The molecular formula is C47H75NO6. The summed E-state index contributed by atoms with van der Waals surface area (Å²) in [4.78, 5) is 28.3. The molecule has 304 valence electrons. The van der Waals surface area contributed by atoms with Gasteiger partial charge >= 0.3 is 11.9 Å². The lowest BCUT2D eigenvalue weighted by atomic mass is 9.72. The number of nitrogens with zero attached hydrogens (tertiary/aromatic N) is 1. The van der Waals surface area contributed by atoms with Gasteiger partial charge in [0.1, 0.15) is 18.1 Å². The highest BCUT2D eigenvalue weighted by Gasteiger charge is 2.45. The van der Waals surface area contributed by atoms with Crippen LogP contribution in [0.4, 0.5) is 0 Å². The van der Waals surface area contributed by atoms with Crippen LogP contribution < -0.4 is 0 Å². The average molecular weight is 750 g/mol. The number of phenols is 2. The number of piperidine rings is 1. The highest BCUT2D eigenvalue weighted by molar-refractivity contribution is 5.70. The smallest absolute Gasteiger partial charge is 0.306 e. The molecule has 1 aliphatic heterocycles. The number of aromatic hydroxyl groups is 2. The Labute approximate surface area is 328 Å². The highest BCUT2D eigenvalue weighted by atomic mass is 16.5. The number of esters is 2. The first kappa shape index (κ1) is 45.3. The maximum Gasteiger partial charge on any atom is 0.306 e. The quantitative estimate of drug-likeness (QED) is 0.209. The fourth-order valence-corrected chi connectivity index (χ4v) is 8.53. The molecule has 0 saturated carbocycles. The average Bonchev–Trinajstić information content (AvgIpc) is 2.98. The third-order valence-corrected chi connectivity index (χ3v) is 11.2. The summed E-state index contributed by atoms with van der Waals surface area (Å²) in [5.41, 5.74) is 4.59. The standard InChI is InChI=1S/C47H75NO6/c1-42(2,3)34-25-31(26-35(40(34)51)43(4,5)6)17-19-38(49)53-23-21-33-29-46(13,14)48(47(15,16)30-33)22-24-54-39(50)20-18-32-27-36(44(7,8)9)41(52)37(28-32)45(10,11)12/h25-28,33,51-52H,17-24,29-30H2,1-16H3. The van der Waals surface area contributed by atoms with Gasteiger partial charge in [0.05, 0.1) is 6.61 Å². The van der Waals surface area contributed by atoms with Gasteiger partial charge in [0.25, 0.3) is 0 Å². The zero-order chi connectivity index (χ0) is 41.2. The van der Waals surface area contributed by atoms with Gasteiger partial charge in [-0.2, -0.15) is 0 Å². The van der Waals surface area contributed by atoms with Crippen molar-refractivity contribution in [2.24, 2.45) is 5.92 Å². The molecule has 0 aromatic heterocycles. The van der Waals surface area contributed by atoms with E-state index in [-0.39, 0.29) is 51.1 Å². The van der Waals surface area contributed by atoms with Crippen LogP contribution in [0.2, 0.25) is 0 Å². The summed E-state index contributed by atoms with van der Waals surface area (Å²) in [6, 6.07) is 8.16. The lowest BCUT2D eigenvalue weighted by molar-refractivity contribution is -0.147. The normalized spacial score (nSPS) is 17.0. The van der Waals surface area contributed by atoms with E-state index in [1.165, 1.54) is 0 Å². The van der Waals surface area contributed by atoms with Crippen molar-refractivity contribution in [1.29, 1.82) is 0 Å². The van der Waals surface area contributed by atoms with Crippen molar-refractivity contribution in [3.8, 4) is 11.5 Å². The molecule has 1 heterocycles. The van der Waals surface area contributed by atoms with E-state index < -0.39 is 0 Å². The number of hydrogen-bond acceptors (Lipinski definition) is 7. The van der Waals surface area contributed by atoms with E-state index in [2.05, 4.69) is 116 Å². The Bertz CT molecular complexity index is 1540. The fraction of sp³-hybridized carbons (Fsp3) is 0.702. The number of benzene rings is 2. The Morgan fingerprint density at radius 1 is 0.611 bits per heavy atom. The van der Waals surface area contributed by atoms with Gasteiger partial charge in [0.2, 0.25) is 0 Å². The van der Waals surface area contributed by atoms with Crippen LogP contribution in [0.3, 0.4) is 0 Å². The molecule has 54 heavy (non-hydrogen) atoms. The number of aryl methyl sites for hydroxylation is 2. The van der Waals surface area contributed by atoms with Gasteiger partial charge in [-0.05, 0) is 121 Å². The van der Waals surface area contributed by atoms with Crippen LogP contribution in [0, 0.1) is 5.92 Å². The van der Waals surface area contributed by atoms with E-state index in [4.69, 9.17) is 9.47 Å². The number of hydrogen-bond donors (Lipinski definition) is 2. The van der Waals surface area contributed by atoms with E-state index in [0.29, 0.717) is 56.4 Å². The number of carbonyl (C=O) groups excluding carboxylic acids is 2. The molecule has 0 atom stereocenters. The number of likely N-dealkylation sites (tertiary alicyclic amines) is 1. The molecule has 2 N–H and O–H groups in total. The molecule has 3 rings (SSSR count). The van der Waals surface area contributed by atoms with E-state index >= 15 is 0 Å². The molecule has 0 radical (unpaired) electrons. The molecule has 0 aliphatic carbocycles. The summed E-state index contributed by atoms with van der Waals surface area (Å²) in [6.45, 7) is 35.6. The Balaban J connectivity index is 1.51. The SMILES string of the molecule is CC(C)(C)c1cc(CCC(=O)OCCC2CC(C)(C)N(CCOC(=O)CCc3cc(C(C)(C)C)c(O)c(C(C)(C)C)c3)C(C)(C)C2)cc(C(C)(C)C)c1O. The third kappa shape index (κ3) is 12.0. The third-order valence-electron chi connectivity index (χ3n) is 11.2. The monoisotopic (exact) mass is 750 g/mol. The second-order valence-electron chi connectivity index (χ2n) is 21.4. The van der Waals surface area contributed by atoms with Crippen molar-refractivity contribution in [3.63, 3.8) is 0 Å². The first-order chi connectivity index (χ1) is 24.4. The van der Waals surface area contributed by atoms with Crippen LogP contribution in [-0.2, 0) is 53.6 Å². The van der Waals surface area contributed by atoms with Crippen molar-refractivity contribution in [3.05, 3.63) is 57.6 Å². The van der Waals surface area contributed by atoms with Gasteiger partial charge in [0, 0.05) is 30.5 Å². The second-order valence-corrected chi connectivity index (χ2v) is 21.4. The molecule has 2 aromatic rings. The summed E-state index contributed by atoms with van der Waals surface area (Å²) in [7, 11) is 0. The molecule has 0 spiro atoms. The van der Waals surface area contributed by atoms with Crippen LogP contribution in [0.25, 0.3) is 0 Å². The predicted molar refractivity (Wildman–Crippen MR) is 222 cm³/mol. The zero-order valence-electron chi connectivity index (χ0n) is 36.9. The Morgan fingerprint density at radius 3 is 1.24 bits per heavy atom. The van der Waals surface area contributed by atoms with E-state index in [9.17, 15) is 19.8 Å². The number of carbonyl (C=O) groups is 2. The van der Waals surface area contributed by atoms with Gasteiger partial charge in [0.15, 0.2) is 0 Å². The van der Waals surface area contributed by atoms with Crippen molar-refractivity contribution in [2.75, 3.05) is 19.8 Å². The Morgan fingerprint density at radius 2 is 0.926 bits per heavy atom. The summed E-state index contributed by atoms with van der Waals surface area (Å²) < 4.78 is 11.6. The minimum atomic E-state index is -0.221. The number of phenolic OH excluding ortho intramolecular Hbond substituents is 2. The van der Waals surface area contributed by atoms with Gasteiger partial charge < -0.3 is 19.7 Å². The molecule has 1 aliphatic rings. The molecule has 1 saturated heterocycles. The fourth-order valence-electron chi connectivity index (χ4n) is 8.53. The largest absolute Gasteiger partial charge is 0.507 e. The van der Waals surface area contributed by atoms with Crippen molar-refractivity contribution < 1.29 is 29.3 Å². The van der Waals surface area contributed by atoms with Crippen LogP contribution >= 0.6 is 0 Å². The summed E-state index contributed by atoms with van der Waals surface area (Å²) in [5.74, 6) is 0.710. The van der Waals surface area contributed by atoms with Gasteiger partial charge in [-0.15, -0.1) is 0 Å². The van der Waals surface area contributed by atoms with Gasteiger partial charge in [-0.25, -0.2) is 0 Å². The molecule has 0 unspecified atom stereocenters. The maximum atomic E-state index is 12.9. The molecule has 0 amide bonds. The van der Waals surface area contributed by atoms with E-state index in [0.717, 1.165) is 52.6 Å². The van der Waals surface area contributed by atoms with E-state index in [1.807, 2.05) is 24.3 Å². The van der Waals surface area contributed by atoms with Crippen LogP contribution in [-0.4, -0.2) is 57.9 Å². The van der Waals surface area contributed by atoms with Crippen molar-refractivity contribution >= 4 is 11.9 Å². The maximum absolute atomic E-state index is 12.9. The van der Waals surface area contributed by atoms with Crippen molar-refractivity contribution in [1.82, 2.24) is 4.90 Å². The van der Waals surface area contributed by atoms with Crippen molar-refractivity contribution in [2.45, 2.75) is 188 Å². The summed E-state index contributed by atoms with van der Waals surface area (Å²) in [6.07, 6.45) is 4.47. The van der Waals surface area contributed by atoms with E-state index in [1.54, 1.807) is 0 Å². The lowest BCUT2D eigenvalue weighted by Crippen LogP contribution is -2.61. The summed E-state index contributed by atoms with van der Waals surface area (Å²) in [5, 5.41) is 22.1. The second kappa shape index (κ2) is 16.6. The molecule has 1 fully saturated rings. The first-order valence-electron chi connectivity index (χ1n) is 20.3. The minimum absolute atomic E-state index is 0.115. The highest BCUT2D eigenvalue weighted by Crippen LogP contribution is 2.43. The van der Waals surface area contributed by atoms with Crippen LogP contribution in [0.1, 0.15) is 176 Å². The van der Waals surface area contributed by atoms with Gasteiger partial charge in [-0.3, -0.25) is 14.5 Å². The molecule has 2 aromatic carbocycles. The molecular weight excluding hydrogens is 675 g/mol. The minimum Gasteiger partial charge on any atom is -0.507 e. The molecule has 7 nitrogen and oxygen atoms in total. The Hall–Kier alpha value is -3.06. The van der Waals surface area contributed by atoms with Crippen LogP contribution in [0.5, 0.6) is 11.5 Å². The number of rotatable bonds is 12. The predicted octanol–water partition coefficient (Wildman–Crippen LogP) is 10.6.